The van der Waals surface area contributed by atoms with E-state index in [2.05, 4.69) is 95.2 Å². The van der Waals surface area contributed by atoms with Gasteiger partial charge in [0.1, 0.15) is 0 Å². The molecule has 0 bridgehead atoms. The van der Waals surface area contributed by atoms with E-state index >= 15 is 9.13 Å². The van der Waals surface area contributed by atoms with Crippen LogP contribution >= 0.6 is 14.3 Å². The second kappa shape index (κ2) is 34.1. The van der Waals surface area contributed by atoms with Gasteiger partial charge in [-0.15, -0.1) is 0 Å². The molecular formula is C87H132BO6P2. The van der Waals surface area contributed by atoms with Crippen molar-refractivity contribution < 1.29 is 29.1 Å². The molecule has 12 rings (SSSR count). The number of hydrogen-bond donors (Lipinski definition) is 2. The molecule has 96 heavy (non-hydrogen) atoms. The van der Waals surface area contributed by atoms with Gasteiger partial charge < -0.3 is 18.6 Å². The molecule has 9 heteroatoms. The third kappa shape index (κ3) is 16.1. The number of fused-ring (bicyclic) bond motifs is 10. The van der Waals surface area contributed by atoms with Crippen LogP contribution in [0.5, 0.6) is 0 Å². The van der Waals surface area contributed by atoms with Crippen molar-refractivity contribution in [3.8, 4) is 0 Å². The maximum absolute atomic E-state index is 16.3. The lowest BCUT2D eigenvalue weighted by molar-refractivity contribution is -0.176. The zero-order chi connectivity index (χ0) is 67.1. The fourth-order valence-electron chi connectivity index (χ4n) is 22.6. The summed E-state index contributed by atoms with van der Waals surface area (Å²) in [6.07, 6.45) is 37.4. The highest BCUT2D eigenvalue weighted by molar-refractivity contribution is 7.95. The summed E-state index contributed by atoms with van der Waals surface area (Å²) in [5.41, 5.74) is 5.23. The zero-order valence-electron chi connectivity index (χ0n) is 61.3. The Kier molecular flexibility index (Phi) is 27.9. The van der Waals surface area contributed by atoms with Crippen molar-refractivity contribution in [2.24, 2.45) is 98.6 Å². The summed E-state index contributed by atoms with van der Waals surface area (Å²) in [7, 11) is -6.99. The third-order valence-electron chi connectivity index (χ3n) is 27.7. The minimum absolute atomic E-state index is 0. The lowest BCUT2D eigenvalue weighted by atomic mass is 9.47. The normalized spacial score (nSPS) is 32.0. The largest absolute Gasteiger partial charge is 0.378 e. The fourth-order valence-corrected chi connectivity index (χ4v) is 31.4. The van der Waals surface area contributed by atoms with Crippen LogP contribution in [0.4, 0.5) is 0 Å². The van der Waals surface area contributed by atoms with E-state index in [4.69, 9.17) is 20.0 Å². The van der Waals surface area contributed by atoms with Crippen LogP contribution in [0.15, 0.2) is 145 Å². The van der Waals surface area contributed by atoms with E-state index in [1.54, 1.807) is 11.1 Å². The van der Waals surface area contributed by atoms with Gasteiger partial charge in [0.05, 0.1) is 17.6 Å². The molecule has 0 unspecified atom stereocenters. The molecule has 529 valence electrons. The van der Waals surface area contributed by atoms with Crippen LogP contribution in [0.1, 0.15) is 245 Å². The maximum atomic E-state index is 16.3. The average molecular weight is 1350 g/mol. The van der Waals surface area contributed by atoms with Crippen molar-refractivity contribution in [2.75, 3.05) is 13.2 Å². The van der Waals surface area contributed by atoms with Crippen molar-refractivity contribution in [1.82, 2.24) is 0 Å². The number of rotatable bonds is 24. The van der Waals surface area contributed by atoms with Crippen molar-refractivity contribution in [3.05, 3.63) is 145 Å². The van der Waals surface area contributed by atoms with E-state index in [0.717, 1.165) is 118 Å². The predicted molar refractivity (Wildman–Crippen MR) is 411 cm³/mol. The van der Waals surface area contributed by atoms with Crippen LogP contribution in [0.3, 0.4) is 0 Å². The summed E-state index contributed by atoms with van der Waals surface area (Å²) in [6.45, 7) is 31.4. The number of benzene rings is 4. The molecule has 4 aromatic carbocycles. The highest BCUT2D eigenvalue weighted by atomic mass is 31.2. The van der Waals surface area contributed by atoms with Crippen molar-refractivity contribution in [1.29, 1.82) is 0 Å². The number of allylic oxidation sites excluding steroid dienone is 2. The van der Waals surface area contributed by atoms with Crippen LogP contribution < -0.4 is 21.2 Å². The molecule has 6 fully saturated rings. The summed E-state index contributed by atoms with van der Waals surface area (Å²) in [6, 6.07) is 39.4. The van der Waals surface area contributed by atoms with E-state index in [1.807, 2.05) is 121 Å². The Bertz CT molecular complexity index is 2980. The molecule has 16 atom stereocenters. The third-order valence-corrected chi connectivity index (χ3v) is 36.1. The van der Waals surface area contributed by atoms with E-state index in [1.165, 1.54) is 135 Å². The summed E-state index contributed by atoms with van der Waals surface area (Å²) < 4.78 is 46.0. The Morgan fingerprint density at radius 2 is 0.760 bits per heavy atom. The van der Waals surface area contributed by atoms with Gasteiger partial charge in [-0.25, -0.2) is 0 Å². The molecule has 2 N–H and O–H groups in total. The van der Waals surface area contributed by atoms with Crippen molar-refractivity contribution >= 4 is 43.9 Å². The van der Waals surface area contributed by atoms with Gasteiger partial charge in [-0.2, -0.15) is 0 Å². The molecular weight excluding hydrogens is 1210 g/mol. The number of ether oxygens (including phenoxy) is 2. The second-order valence-corrected chi connectivity index (χ2v) is 40.5. The molecule has 0 saturated heterocycles. The standard InChI is InChI=1S/C54H70O3P2.C32H56O.CH4.B.H2O2/c1-40(2)19-18-20-41(3)49-31-32-50-48-30-29-42-39-43(33-36-53(42,4)51(48)34-37-54(49,50)5)57-38-35-52(58(55,44-21-10-6-11-22-44)45-23-12-7-13-24-45)59(56,46-25-14-8-15-26-46)47-27-16-9-17-28-47;1-22(2)9-8-10-24(5)28-13-14-29-27-12-11-25-21-26(33-20-17-23(3)4)15-18-31(25,6)30(27)16-19-32(28,29)7;;;1-2/h6-17,21-29,40-41,43,48-52H,18-20,30-39H2,1-5H3;11,22-24,26-30H,8-10,12-21H2,1-7H3;1H4;;1-2H/t41-,43+,48+,49-,50+,51+,53+,54-;24-,26+,27+,28-,29+,30+,31+,32-;;;/m11.../s1. The van der Waals surface area contributed by atoms with E-state index < -0.39 is 19.7 Å². The van der Waals surface area contributed by atoms with Gasteiger partial charge in [0.25, 0.3) is 0 Å². The summed E-state index contributed by atoms with van der Waals surface area (Å²) in [5.74, 6) is 11.3. The first-order chi connectivity index (χ1) is 45.1. The Morgan fingerprint density at radius 1 is 0.427 bits per heavy atom. The van der Waals surface area contributed by atoms with E-state index in [9.17, 15) is 0 Å². The van der Waals surface area contributed by atoms with Crippen LogP contribution in [-0.4, -0.2) is 49.7 Å². The van der Waals surface area contributed by atoms with Gasteiger partial charge in [0, 0.05) is 42.8 Å². The minimum atomic E-state index is -3.50. The SMILES string of the molecule is C.CC(C)CCC[C@@H](C)[C@H]1CC[C@H]2[C@@H]3CC=C4C[C@@H](OCCC(C)C)CC[C@]4(C)[C@H]3CC[C@]12C.CC(C)CCC[C@@H](C)[C@H]1CC[C@H]2[C@@H]3CC=C4C[C@@H](OCCC(P(=O)(c5ccccc5)c5ccccc5)P(=O)(c5ccccc5)c5ccccc5)CC[C@]4(C)[C@H]3CC[C@]12C.OO.[B]. The topological polar surface area (TPSA) is 93.1 Å². The Morgan fingerprint density at radius 3 is 1.09 bits per heavy atom. The fraction of sp³-hybridized carbons (Fsp3) is 0.678. The molecule has 0 aliphatic heterocycles. The van der Waals surface area contributed by atoms with Gasteiger partial charge >= 0.3 is 0 Å². The molecule has 0 aromatic heterocycles. The van der Waals surface area contributed by atoms with Gasteiger partial charge in [-0.3, -0.25) is 10.5 Å². The Balaban J connectivity index is 0.000000271. The molecule has 0 spiro atoms. The number of hydrogen-bond acceptors (Lipinski definition) is 6. The van der Waals surface area contributed by atoms with Gasteiger partial charge in [0.2, 0.25) is 0 Å². The Hall–Kier alpha value is -3.28. The maximum Gasteiger partial charge on any atom is 0.153 e. The van der Waals surface area contributed by atoms with E-state index in [0.29, 0.717) is 35.4 Å². The minimum Gasteiger partial charge on any atom is -0.378 e. The molecule has 0 heterocycles. The highest BCUT2D eigenvalue weighted by Crippen LogP contribution is 2.71. The first-order valence-electron chi connectivity index (χ1n) is 38.4. The van der Waals surface area contributed by atoms with Gasteiger partial charge in [-0.05, 0) is 214 Å². The monoisotopic (exact) mass is 1350 g/mol. The molecule has 6 nitrogen and oxygen atoms in total. The summed E-state index contributed by atoms with van der Waals surface area (Å²) >= 11 is 0. The molecule has 0 amide bonds. The average Bonchev–Trinajstić information content (AvgIpc) is 0.814. The summed E-state index contributed by atoms with van der Waals surface area (Å²) in [5, 5.41) is 14.3. The lowest BCUT2D eigenvalue weighted by Gasteiger charge is -2.58. The van der Waals surface area contributed by atoms with Gasteiger partial charge in [-0.1, -0.05) is 274 Å². The Labute approximate surface area is 588 Å². The molecule has 4 aromatic rings. The highest BCUT2D eigenvalue weighted by Gasteiger charge is 2.61. The predicted octanol–water partition coefficient (Wildman–Crippen LogP) is 22.9. The first-order valence-corrected chi connectivity index (χ1v) is 41.9. The van der Waals surface area contributed by atoms with Crippen LogP contribution in [-0.2, 0) is 18.6 Å². The van der Waals surface area contributed by atoms with Crippen LogP contribution in [0.2, 0.25) is 0 Å². The van der Waals surface area contributed by atoms with E-state index in [-0.39, 0.29) is 27.4 Å². The van der Waals surface area contributed by atoms with Crippen molar-refractivity contribution in [2.45, 2.75) is 262 Å². The molecule has 3 radical (unpaired) electrons. The smallest absolute Gasteiger partial charge is 0.153 e. The zero-order valence-corrected chi connectivity index (χ0v) is 63.1. The molecule has 6 saturated carbocycles. The van der Waals surface area contributed by atoms with Crippen molar-refractivity contribution in [3.63, 3.8) is 0 Å². The van der Waals surface area contributed by atoms with Gasteiger partial charge in [0.15, 0.2) is 14.3 Å². The van der Waals surface area contributed by atoms with Crippen LogP contribution in [0.25, 0.3) is 0 Å². The molecule has 8 aliphatic rings. The first kappa shape index (κ1) is 78.4. The summed E-state index contributed by atoms with van der Waals surface area (Å²) in [4.78, 5) is 0. The molecule has 8 aliphatic carbocycles. The second-order valence-electron chi connectivity index (χ2n) is 34.2. The van der Waals surface area contributed by atoms with Crippen LogP contribution in [0, 0.1) is 98.6 Å². The lowest BCUT2D eigenvalue weighted by Crippen LogP contribution is -2.51. The quantitative estimate of drug-likeness (QED) is 0.0239.